The maximum atomic E-state index is 14.2. The number of hydrogen-bond acceptors (Lipinski definition) is 5. The second-order valence-electron chi connectivity index (χ2n) is 7.43. The molecule has 2 heterocycles. The molecule has 0 aliphatic heterocycles. The van der Waals surface area contributed by atoms with Gasteiger partial charge in [-0.25, -0.2) is 9.18 Å². The summed E-state index contributed by atoms with van der Waals surface area (Å²) in [5, 5.41) is 4.51. The zero-order valence-electron chi connectivity index (χ0n) is 17.9. The van der Waals surface area contributed by atoms with Crippen molar-refractivity contribution in [3.8, 4) is 5.75 Å². The Morgan fingerprint density at radius 2 is 1.82 bits per heavy atom. The number of thiophene rings is 1. The molecule has 1 N–H and O–H groups in total. The van der Waals surface area contributed by atoms with Crippen molar-refractivity contribution in [1.29, 1.82) is 0 Å². The lowest BCUT2D eigenvalue weighted by Gasteiger charge is -2.13. The number of hydrogen-bond donors (Lipinski definition) is 1. The van der Waals surface area contributed by atoms with Gasteiger partial charge >= 0.3 is 5.69 Å². The van der Waals surface area contributed by atoms with Crippen LogP contribution >= 0.6 is 11.3 Å². The van der Waals surface area contributed by atoms with Gasteiger partial charge in [0.25, 0.3) is 5.56 Å². The number of amides is 1. The van der Waals surface area contributed by atoms with Gasteiger partial charge < -0.3 is 10.1 Å². The van der Waals surface area contributed by atoms with E-state index in [2.05, 4.69) is 5.32 Å². The number of nitrogens with zero attached hydrogens (tertiary/aromatic N) is 2. The van der Waals surface area contributed by atoms with Crippen LogP contribution in [0.1, 0.15) is 18.4 Å². The van der Waals surface area contributed by atoms with E-state index in [1.165, 1.54) is 22.0 Å². The van der Waals surface area contributed by atoms with Crippen molar-refractivity contribution >= 4 is 33.1 Å². The first-order valence-electron chi connectivity index (χ1n) is 10.4. The van der Waals surface area contributed by atoms with Crippen LogP contribution in [-0.4, -0.2) is 22.2 Å². The van der Waals surface area contributed by atoms with E-state index in [1.807, 2.05) is 0 Å². The smallest absolute Gasteiger partial charge is 0.331 e. The first-order valence-corrected chi connectivity index (χ1v) is 11.2. The van der Waals surface area contributed by atoms with Gasteiger partial charge in [0, 0.05) is 24.2 Å². The second kappa shape index (κ2) is 9.83. The molecular weight excluding hydrogens is 445 g/mol. The Morgan fingerprint density at radius 1 is 1.06 bits per heavy atom. The third kappa shape index (κ3) is 4.88. The van der Waals surface area contributed by atoms with Gasteiger partial charge in [0.15, 0.2) is 0 Å². The topological polar surface area (TPSA) is 82.3 Å². The molecule has 7 nitrogen and oxygen atoms in total. The summed E-state index contributed by atoms with van der Waals surface area (Å²) in [7, 11) is 1.56. The van der Waals surface area contributed by atoms with Crippen LogP contribution in [0.15, 0.2) is 69.6 Å². The Labute approximate surface area is 192 Å². The van der Waals surface area contributed by atoms with Crippen LogP contribution in [0.3, 0.4) is 0 Å². The van der Waals surface area contributed by atoms with Crippen LogP contribution in [0, 0.1) is 5.82 Å². The van der Waals surface area contributed by atoms with Crippen molar-refractivity contribution < 1.29 is 13.9 Å². The molecule has 33 heavy (non-hydrogen) atoms. The number of aromatic nitrogens is 2. The molecule has 0 bridgehead atoms. The molecule has 2 aromatic heterocycles. The van der Waals surface area contributed by atoms with E-state index in [1.54, 1.807) is 61.0 Å². The minimum atomic E-state index is -0.523. The van der Waals surface area contributed by atoms with Crippen molar-refractivity contribution in [2.24, 2.45) is 0 Å². The predicted octanol–water partition coefficient (Wildman–Crippen LogP) is 3.84. The monoisotopic (exact) mass is 467 g/mol. The highest BCUT2D eigenvalue weighted by atomic mass is 32.1. The number of halogens is 1. The summed E-state index contributed by atoms with van der Waals surface area (Å²) in [4.78, 5) is 38.3. The molecule has 0 spiro atoms. The quantitative estimate of drug-likeness (QED) is 0.427. The lowest BCUT2D eigenvalue weighted by Crippen LogP contribution is -2.40. The molecule has 0 aliphatic rings. The van der Waals surface area contributed by atoms with E-state index in [0.717, 1.165) is 4.57 Å². The molecule has 0 saturated heterocycles. The van der Waals surface area contributed by atoms with Crippen molar-refractivity contribution in [2.75, 3.05) is 12.4 Å². The number of carbonyl (C=O) groups excluding carboxylic acids is 1. The number of methoxy groups -OCH3 is 1. The van der Waals surface area contributed by atoms with Gasteiger partial charge in [0.05, 0.1) is 19.2 Å². The molecular formula is C24H22FN3O4S. The number of rotatable bonds is 8. The summed E-state index contributed by atoms with van der Waals surface area (Å²) in [6.07, 6.45) is 0.432. The zero-order chi connectivity index (χ0) is 23.4. The average Bonchev–Trinajstić information content (AvgIpc) is 3.30. The van der Waals surface area contributed by atoms with Crippen LogP contribution in [0.4, 0.5) is 10.1 Å². The van der Waals surface area contributed by atoms with Crippen molar-refractivity contribution in [3.63, 3.8) is 0 Å². The molecule has 0 saturated carbocycles. The molecule has 9 heteroatoms. The normalized spacial score (nSPS) is 11.0. The maximum absolute atomic E-state index is 14.2. The number of carbonyl (C=O) groups is 1. The number of ether oxygens (including phenoxy) is 1. The molecule has 0 unspecified atom stereocenters. The molecule has 0 fully saturated rings. The highest BCUT2D eigenvalue weighted by Crippen LogP contribution is 2.18. The second-order valence-corrected chi connectivity index (χ2v) is 8.35. The zero-order valence-corrected chi connectivity index (χ0v) is 18.7. The molecule has 0 aliphatic carbocycles. The number of benzene rings is 2. The van der Waals surface area contributed by atoms with Gasteiger partial charge in [0.2, 0.25) is 5.91 Å². The minimum Gasteiger partial charge on any atom is -0.497 e. The van der Waals surface area contributed by atoms with Crippen LogP contribution in [0.5, 0.6) is 5.75 Å². The van der Waals surface area contributed by atoms with Crippen LogP contribution in [-0.2, 0) is 17.9 Å². The van der Waals surface area contributed by atoms with Gasteiger partial charge in [-0.05, 0) is 48.2 Å². The minimum absolute atomic E-state index is 0.0109. The predicted molar refractivity (Wildman–Crippen MR) is 127 cm³/mol. The van der Waals surface area contributed by atoms with Gasteiger partial charge in [0.1, 0.15) is 16.3 Å². The fraction of sp³-hybridized carbons (Fsp3) is 0.208. The van der Waals surface area contributed by atoms with Gasteiger partial charge in [-0.3, -0.25) is 18.7 Å². The highest BCUT2D eigenvalue weighted by molar-refractivity contribution is 7.17. The largest absolute Gasteiger partial charge is 0.497 e. The first kappa shape index (κ1) is 22.5. The summed E-state index contributed by atoms with van der Waals surface area (Å²) in [6.45, 7) is 0.0930. The van der Waals surface area contributed by atoms with Crippen molar-refractivity contribution in [1.82, 2.24) is 9.13 Å². The van der Waals surface area contributed by atoms with E-state index in [-0.39, 0.29) is 25.4 Å². The summed E-state index contributed by atoms with van der Waals surface area (Å²) in [5.74, 6) is 0.0424. The van der Waals surface area contributed by atoms with Crippen molar-refractivity contribution in [2.45, 2.75) is 25.9 Å². The summed E-state index contributed by atoms with van der Waals surface area (Å²) < 4.78 is 22.2. The Hall–Kier alpha value is -3.72. The Morgan fingerprint density at radius 3 is 2.55 bits per heavy atom. The van der Waals surface area contributed by atoms with Crippen molar-refractivity contribution in [3.05, 3.63) is 92.2 Å². The lowest BCUT2D eigenvalue weighted by atomic mass is 10.2. The van der Waals surface area contributed by atoms with E-state index < -0.39 is 17.1 Å². The maximum Gasteiger partial charge on any atom is 0.331 e. The molecule has 4 aromatic rings. The highest BCUT2D eigenvalue weighted by Gasteiger charge is 2.16. The number of nitrogens with one attached hydrogen (secondary N) is 1. The van der Waals surface area contributed by atoms with E-state index >= 15 is 0 Å². The summed E-state index contributed by atoms with van der Waals surface area (Å²) >= 11 is 1.23. The average molecular weight is 468 g/mol. The molecule has 170 valence electrons. The van der Waals surface area contributed by atoms with Gasteiger partial charge in [-0.1, -0.05) is 18.2 Å². The van der Waals surface area contributed by atoms with Crippen LogP contribution in [0.2, 0.25) is 0 Å². The number of fused-ring (bicyclic) bond motifs is 1. The standard InChI is InChI=1S/C24H22FN3O4S/c1-32-18-10-8-17(9-11-18)26-21(29)7-4-13-27-23(30)22-20(12-14-33-22)28(24(27)31)15-16-5-2-3-6-19(16)25/h2-3,5-6,8-12,14H,4,7,13,15H2,1H3,(H,26,29). The van der Waals surface area contributed by atoms with E-state index in [9.17, 15) is 18.8 Å². The fourth-order valence-electron chi connectivity index (χ4n) is 3.58. The fourth-order valence-corrected chi connectivity index (χ4v) is 4.42. The molecule has 4 rings (SSSR count). The Bertz CT molecular complexity index is 1410. The lowest BCUT2D eigenvalue weighted by molar-refractivity contribution is -0.116. The Kier molecular flexibility index (Phi) is 6.69. The molecule has 0 radical (unpaired) electrons. The first-order chi connectivity index (χ1) is 16.0. The SMILES string of the molecule is COc1ccc(NC(=O)CCCn2c(=O)c3sccc3n(Cc3ccccc3F)c2=O)cc1. The van der Waals surface area contributed by atoms with Gasteiger partial charge in [-0.2, -0.15) is 0 Å². The van der Waals surface area contributed by atoms with E-state index in [4.69, 9.17) is 4.74 Å². The summed E-state index contributed by atoms with van der Waals surface area (Å²) in [5.41, 5.74) is 0.545. The molecule has 0 atom stereocenters. The van der Waals surface area contributed by atoms with Crippen LogP contribution < -0.4 is 21.3 Å². The van der Waals surface area contributed by atoms with Crippen LogP contribution in [0.25, 0.3) is 10.2 Å². The molecule has 1 amide bonds. The van der Waals surface area contributed by atoms with E-state index in [0.29, 0.717) is 33.6 Å². The van der Waals surface area contributed by atoms with Gasteiger partial charge in [-0.15, -0.1) is 11.3 Å². The summed E-state index contributed by atoms with van der Waals surface area (Å²) in [6, 6.07) is 14.9. The Balaban J connectivity index is 1.51. The number of anilines is 1. The molecule has 2 aromatic carbocycles. The third-order valence-corrected chi connectivity index (χ3v) is 6.17. The third-order valence-electron chi connectivity index (χ3n) is 5.28.